The normalized spacial score (nSPS) is 20.0. The first-order valence-corrected chi connectivity index (χ1v) is 9.34. The molecular weight excluding hydrogens is 330 g/mol. The molecule has 0 aliphatic carbocycles. The average Bonchev–Trinajstić information content (AvgIpc) is 2.62. The minimum absolute atomic E-state index is 0.0165. The molecule has 2 aromatic carbocycles. The average molecular weight is 353 g/mol. The summed E-state index contributed by atoms with van der Waals surface area (Å²) in [5, 5.41) is 0.636. The molecule has 0 fully saturated rings. The number of amides is 1. The van der Waals surface area contributed by atoms with Crippen LogP contribution >= 0.6 is 11.8 Å². The molecule has 1 atom stereocenters. The van der Waals surface area contributed by atoms with Gasteiger partial charge in [-0.15, -0.1) is 0 Å². The van der Waals surface area contributed by atoms with Crippen molar-refractivity contribution in [1.29, 1.82) is 0 Å². The summed E-state index contributed by atoms with van der Waals surface area (Å²) in [7, 11) is 1.83. The second kappa shape index (κ2) is 7.31. The van der Waals surface area contributed by atoms with Crippen molar-refractivity contribution in [3.05, 3.63) is 71.3 Å². The molecule has 1 aliphatic rings. The number of aliphatic imine (C=N–C) groups is 1. The molecule has 4 nitrogen and oxygen atoms in total. The highest BCUT2D eigenvalue weighted by atomic mass is 32.2. The van der Waals surface area contributed by atoms with E-state index in [9.17, 15) is 4.79 Å². The lowest BCUT2D eigenvalue weighted by atomic mass is 9.89. The van der Waals surface area contributed by atoms with E-state index in [1.807, 2.05) is 61.6 Å². The van der Waals surface area contributed by atoms with Gasteiger partial charge in [0.05, 0.1) is 5.54 Å². The van der Waals surface area contributed by atoms with Crippen molar-refractivity contribution in [3.63, 3.8) is 0 Å². The number of nitrogens with zero attached hydrogens (tertiary/aromatic N) is 2. The van der Waals surface area contributed by atoms with Gasteiger partial charge in [0.15, 0.2) is 5.17 Å². The van der Waals surface area contributed by atoms with Crippen LogP contribution in [0.25, 0.3) is 0 Å². The number of amidine groups is 1. The Morgan fingerprint density at radius 3 is 2.52 bits per heavy atom. The fraction of sp³-hybridized carbons (Fsp3) is 0.300. The quantitative estimate of drug-likeness (QED) is 0.913. The van der Waals surface area contributed by atoms with Gasteiger partial charge in [-0.3, -0.25) is 9.79 Å². The second-order valence-electron chi connectivity index (χ2n) is 6.55. The van der Waals surface area contributed by atoms with Crippen LogP contribution in [0.2, 0.25) is 0 Å². The smallest absolute Gasteiger partial charge is 0.253 e. The molecule has 1 amide bonds. The molecule has 0 saturated carbocycles. The zero-order chi connectivity index (χ0) is 17.9. The highest BCUT2D eigenvalue weighted by molar-refractivity contribution is 8.13. The third-order valence-corrected chi connectivity index (χ3v) is 5.35. The van der Waals surface area contributed by atoms with Crippen LogP contribution in [0.5, 0.6) is 0 Å². The molecule has 0 spiro atoms. The van der Waals surface area contributed by atoms with Crippen molar-refractivity contribution in [3.8, 4) is 0 Å². The molecule has 1 heterocycles. The van der Waals surface area contributed by atoms with Gasteiger partial charge in [-0.2, -0.15) is 0 Å². The highest BCUT2D eigenvalue weighted by Crippen LogP contribution is 2.35. The van der Waals surface area contributed by atoms with Crippen molar-refractivity contribution >= 4 is 22.8 Å². The van der Waals surface area contributed by atoms with Crippen molar-refractivity contribution in [2.45, 2.75) is 25.4 Å². The van der Waals surface area contributed by atoms with Crippen LogP contribution in [0.3, 0.4) is 0 Å². The Morgan fingerprint density at radius 1 is 1.20 bits per heavy atom. The molecule has 0 radical (unpaired) electrons. The van der Waals surface area contributed by atoms with Gasteiger partial charge in [0.25, 0.3) is 5.91 Å². The van der Waals surface area contributed by atoms with Crippen LogP contribution < -0.4 is 5.73 Å². The predicted octanol–water partition coefficient (Wildman–Crippen LogP) is 3.63. The van der Waals surface area contributed by atoms with Crippen LogP contribution in [0, 0.1) is 0 Å². The summed E-state index contributed by atoms with van der Waals surface area (Å²) < 4.78 is 0. The number of thioether (sulfide) groups is 1. The summed E-state index contributed by atoms with van der Waals surface area (Å²) in [6.07, 6.45) is 0.944. The van der Waals surface area contributed by atoms with Crippen LogP contribution in [0.15, 0.2) is 59.6 Å². The molecule has 3 rings (SSSR count). The van der Waals surface area contributed by atoms with E-state index >= 15 is 0 Å². The van der Waals surface area contributed by atoms with Crippen molar-refractivity contribution in [2.75, 3.05) is 12.8 Å². The Morgan fingerprint density at radius 2 is 1.88 bits per heavy atom. The van der Waals surface area contributed by atoms with E-state index in [-0.39, 0.29) is 11.4 Å². The Balaban J connectivity index is 1.73. The number of hydrogen-bond acceptors (Lipinski definition) is 4. The van der Waals surface area contributed by atoms with Gasteiger partial charge in [0, 0.05) is 24.9 Å². The van der Waals surface area contributed by atoms with Crippen LogP contribution in [-0.2, 0) is 12.1 Å². The molecule has 1 unspecified atom stereocenters. The zero-order valence-electron chi connectivity index (χ0n) is 14.6. The van der Waals surface area contributed by atoms with Gasteiger partial charge in [0.1, 0.15) is 0 Å². The van der Waals surface area contributed by atoms with Gasteiger partial charge >= 0.3 is 0 Å². The predicted molar refractivity (Wildman–Crippen MR) is 105 cm³/mol. The van der Waals surface area contributed by atoms with Crippen molar-refractivity contribution in [2.24, 2.45) is 10.7 Å². The van der Waals surface area contributed by atoms with Gasteiger partial charge < -0.3 is 10.6 Å². The van der Waals surface area contributed by atoms with Crippen molar-refractivity contribution < 1.29 is 4.79 Å². The monoisotopic (exact) mass is 353 g/mol. The maximum absolute atomic E-state index is 12.6. The van der Waals surface area contributed by atoms with Crippen molar-refractivity contribution in [1.82, 2.24) is 4.90 Å². The van der Waals surface area contributed by atoms with E-state index in [0.717, 1.165) is 23.3 Å². The molecule has 2 N–H and O–H groups in total. The lowest BCUT2D eigenvalue weighted by Gasteiger charge is -2.30. The molecule has 5 heteroatoms. The minimum atomic E-state index is -0.299. The third-order valence-electron chi connectivity index (χ3n) is 4.56. The standard InChI is InChI=1S/C20H23N3OS/c1-20(12-13-25-19(21)22-20)17-10-8-16(9-11-17)18(24)23(2)14-15-6-4-3-5-7-15/h3-11H,12-14H2,1-2H3,(H2,21,22). The lowest BCUT2D eigenvalue weighted by Crippen LogP contribution is -2.29. The first-order valence-electron chi connectivity index (χ1n) is 8.36. The fourth-order valence-corrected chi connectivity index (χ4v) is 3.99. The molecule has 25 heavy (non-hydrogen) atoms. The number of carbonyl (C=O) groups excluding carboxylic acids is 1. The summed E-state index contributed by atoms with van der Waals surface area (Å²) in [4.78, 5) is 19.0. The van der Waals surface area contributed by atoms with Gasteiger partial charge in [-0.05, 0) is 36.6 Å². The Kier molecular flexibility index (Phi) is 5.13. The molecule has 1 aliphatic heterocycles. The minimum Gasteiger partial charge on any atom is -0.379 e. The molecule has 0 aromatic heterocycles. The van der Waals surface area contributed by atoms with E-state index in [0.29, 0.717) is 17.3 Å². The molecule has 0 saturated heterocycles. The number of hydrogen-bond donors (Lipinski definition) is 1. The maximum atomic E-state index is 12.6. The highest BCUT2D eigenvalue weighted by Gasteiger charge is 2.29. The molecular formula is C20H23N3OS. The summed E-state index contributed by atoms with van der Waals surface area (Å²) >= 11 is 1.59. The first kappa shape index (κ1) is 17.5. The van der Waals surface area contributed by atoms with Crippen LogP contribution in [0.4, 0.5) is 0 Å². The third kappa shape index (κ3) is 4.04. The Hall–Kier alpha value is -2.27. The summed E-state index contributed by atoms with van der Waals surface area (Å²) in [6.45, 7) is 2.69. The van der Waals surface area contributed by atoms with E-state index in [2.05, 4.69) is 11.9 Å². The van der Waals surface area contributed by atoms with Gasteiger partial charge in [-0.25, -0.2) is 0 Å². The number of benzene rings is 2. The largest absolute Gasteiger partial charge is 0.379 e. The lowest BCUT2D eigenvalue weighted by molar-refractivity contribution is 0.0785. The Labute approximate surface area is 153 Å². The Bertz CT molecular complexity index is 773. The van der Waals surface area contributed by atoms with E-state index in [1.165, 1.54) is 0 Å². The SMILES string of the molecule is CN(Cc1ccccc1)C(=O)c1ccc(C2(C)CCSC(N)=N2)cc1. The van der Waals surface area contributed by atoms with E-state index < -0.39 is 0 Å². The van der Waals surface area contributed by atoms with Gasteiger partial charge in [-0.1, -0.05) is 54.2 Å². The van der Waals surface area contributed by atoms with E-state index in [4.69, 9.17) is 5.73 Å². The summed E-state index contributed by atoms with van der Waals surface area (Å²) in [5.74, 6) is 0.981. The number of nitrogens with two attached hydrogens (primary N) is 1. The van der Waals surface area contributed by atoms with Gasteiger partial charge in [0.2, 0.25) is 0 Å². The topological polar surface area (TPSA) is 58.7 Å². The van der Waals surface area contributed by atoms with Crippen LogP contribution in [0.1, 0.15) is 34.8 Å². The zero-order valence-corrected chi connectivity index (χ0v) is 15.4. The fourth-order valence-electron chi connectivity index (χ4n) is 3.02. The molecule has 2 aromatic rings. The molecule has 130 valence electrons. The summed E-state index contributed by atoms with van der Waals surface area (Å²) in [6, 6.07) is 17.8. The summed E-state index contributed by atoms with van der Waals surface area (Å²) in [5.41, 5.74) is 8.49. The van der Waals surface area contributed by atoms with E-state index in [1.54, 1.807) is 16.7 Å². The maximum Gasteiger partial charge on any atom is 0.253 e. The second-order valence-corrected chi connectivity index (χ2v) is 7.66. The number of carbonyl (C=O) groups is 1. The van der Waals surface area contributed by atoms with Crippen LogP contribution in [-0.4, -0.2) is 28.8 Å². The number of rotatable bonds is 4. The first-order chi connectivity index (χ1) is 12.0. The molecule has 0 bridgehead atoms.